The molecule has 1 saturated heterocycles. The number of hydrogen-bond donors (Lipinski definition) is 1. The number of amides is 2. The first-order valence-corrected chi connectivity index (χ1v) is 9.76. The minimum absolute atomic E-state index is 0.0715. The van der Waals surface area contributed by atoms with Crippen molar-refractivity contribution in [2.75, 3.05) is 35.4 Å². The molecule has 1 fully saturated rings. The number of hydrogen-bond acceptors (Lipinski definition) is 5. The maximum Gasteiger partial charge on any atom is 0.255 e. The molecule has 1 N–H and O–H groups in total. The van der Waals surface area contributed by atoms with Crippen LogP contribution in [0.1, 0.15) is 36.5 Å². The molecule has 2 aromatic carbocycles. The van der Waals surface area contributed by atoms with Crippen molar-refractivity contribution in [2.24, 2.45) is 5.10 Å². The maximum absolute atomic E-state index is 12.7. The summed E-state index contributed by atoms with van der Waals surface area (Å²) in [6, 6.07) is 12.7. The molecule has 0 saturated carbocycles. The number of rotatable bonds is 5. The van der Waals surface area contributed by atoms with E-state index in [1.54, 1.807) is 42.3 Å². The molecule has 2 aliphatic heterocycles. The van der Waals surface area contributed by atoms with Gasteiger partial charge in [0.25, 0.3) is 5.91 Å². The van der Waals surface area contributed by atoms with Gasteiger partial charge in [0.15, 0.2) is 0 Å². The lowest BCUT2D eigenvalue weighted by atomic mass is 10.1. The lowest BCUT2D eigenvalue weighted by molar-refractivity contribution is -0.117. The van der Waals surface area contributed by atoms with Gasteiger partial charge in [0.05, 0.1) is 18.5 Å². The van der Waals surface area contributed by atoms with E-state index < -0.39 is 0 Å². The van der Waals surface area contributed by atoms with E-state index in [4.69, 9.17) is 4.74 Å². The molecule has 0 bridgehead atoms. The molecule has 0 atom stereocenters. The normalized spacial score (nSPS) is 16.2. The average Bonchev–Trinajstić information content (AvgIpc) is 3.36. The van der Waals surface area contributed by atoms with Crippen LogP contribution in [0.3, 0.4) is 0 Å². The molecule has 0 aromatic heterocycles. The largest absolute Gasteiger partial charge is 0.495 e. The Kier molecular flexibility index (Phi) is 5.20. The van der Waals surface area contributed by atoms with E-state index in [-0.39, 0.29) is 11.8 Å². The second-order valence-electron chi connectivity index (χ2n) is 7.24. The Morgan fingerprint density at radius 1 is 1.10 bits per heavy atom. The number of carbonyl (C=O) groups excluding carboxylic acids is 2. The lowest BCUT2D eigenvalue weighted by Gasteiger charge is -2.20. The first-order valence-electron chi connectivity index (χ1n) is 9.76. The Morgan fingerprint density at radius 2 is 1.90 bits per heavy atom. The van der Waals surface area contributed by atoms with E-state index in [0.717, 1.165) is 30.8 Å². The van der Waals surface area contributed by atoms with Crippen LogP contribution in [0.25, 0.3) is 0 Å². The van der Waals surface area contributed by atoms with Gasteiger partial charge in [-0.3, -0.25) is 14.6 Å². The number of anilines is 3. The molecule has 2 amide bonds. The van der Waals surface area contributed by atoms with E-state index in [2.05, 4.69) is 10.4 Å². The second kappa shape index (κ2) is 7.95. The monoisotopic (exact) mass is 392 g/mol. The van der Waals surface area contributed by atoms with E-state index in [0.29, 0.717) is 35.7 Å². The molecule has 2 aliphatic rings. The van der Waals surface area contributed by atoms with Crippen molar-refractivity contribution in [3.8, 4) is 5.75 Å². The van der Waals surface area contributed by atoms with E-state index in [9.17, 15) is 9.59 Å². The van der Waals surface area contributed by atoms with E-state index in [1.807, 2.05) is 24.1 Å². The number of nitrogens with zero attached hydrogens (tertiary/aromatic N) is 3. The van der Waals surface area contributed by atoms with Crippen molar-refractivity contribution in [1.82, 2.24) is 0 Å². The van der Waals surface area contributed by atoms with Crippen LogP contribution in [0.15, 0.2) is 47.6 Å². The standard InChI is InChI=1S/C22H24N4O3/c1-15-11-13-26(24-15)18-8-5-16(6-9-18)22(28)23-17-7-10-20(29-2)19(14-17)25-12-3-4-21(25)27/h5-10,14H,3-4,11-13H2,1-2H3,(H,23,28). The summed E-state index contributed by atoms with van der Waals surface area (Å²) in [6.45, 7) is 3.54. The van der Waals surface area contributed by atoms with Crippen LogP contribution in [-0.4, -0.2) is 37.7 Å². The average molecular weight is 392 g/mol. The Hall–Kier alpha value is -3.35. The lowest BCUT2D eigenvalue weighted by Crippen LogP contribution is -2.24. The third-order valence-corrected chi connectivity index (χ3v) is 5.21. The summed E-state index contributed by atoms with van der Waals surface area (Å²) in [7, 11) is 1.57. The minimum atomic E-state index is -0.207. The first-order chi connectivity index (χ1) is 14.0. The van der Waals surface area contributed by atoms with Crippen molar-refractivity contribution < 1.29 is 14.3 Å². The van der Waals surface area contributed by atoms with Crippen molar-refractivity contribution in [1.29, 1.82) is 0 Å². The molecule has 4 rings (SSSR count). The van der Waals surface area contributed by atoms with Crippen LogP contribution in [0.4, 0.5) is 17.1 Å². The van der Waals surface area contributed by atoms with Crippen LogP contribution >= 0.6 is 0 Å². The summed E-state index contributed by atoms with van der Waals surface area (Å²) < 4.78 is 5.40. The molecule has 0 radical (unpaired) electrons. The minimum Gasteiger partial charge on any atom is -0.495 e. The quantitative estimate of drug-likeness (QED) is 0.843. The Morgan fingerprint density at radius 3 is 2.52 bits per heavy atom. The summed E-state index contributed by atoms with van der Waals surface area (Å²) in [4.78, 5) is 26.5. The highest BCUT2D eigenvalue weighted by atomic mass is 16.5. The smallest absolute Gasteiger partial charge is 0.255 e. The van der Waals surface area contributed by atoms with Gasteiger partial charge in [0.1, 0.15) is 5.75 Å². The van der Waals surface area contributed by atoms with Gasteiger partial charge in [-0.25, -0.2) is 0 Å². The summed E-state index contributed by atoms with van der Waals surface area (Å²) in [5, 5.41) is 9.33. The van der Waals surface area contributed by atoms with Gasteiger partial charge in [0, 0.05) is 42.9 Å². The zero-order valence-corrected chi connectivity index (χ0v) is 16.6. The van der Waals surface area contributed by atoms with Crippen LogP contribution in [-0.2, 0) is 4.79 Å². The SMILES string of the molecule is COc1ccc(NC(=O)c2ccc(N3CCC(C)=N3)cc2)cc1N1CCCC1=O. The fourth-order valence-corrected chi connectivity index (χ4v) is 3.63. The summed E-state index contributed by atoms with van der Waals surface area (Å²) in [5.74, 6) is 0.479. The van der Waals surface area contributed by atoms with Gasteiger partial charge in [-0.15, -0.1) is 0 Å². The van der Waals surface area contributed by atoms with Crippen LogP contribution in [0.2, 0.25) is 0 Å². The predicted octanol–water partition coefficient (Wildman–Crippen LogP) is 3.66. The van der Waals surface area contributed by atoms with Gasteiger partial charge in [-0.05, 0) is 55.8 Å². The molecule has 0 spiro atoms. The van der Waals surface area contributed by atoms with Crippen molar-refractivity contribution >= 4 is 34.6 Å². The third-order valence-electron chi connectivity index (χ3n) is 5.21. The molecular weight excluding hydrogens is 368 g/mol. The number of methoxy groups -OCH3 is 1. The topological polar surface area (TPSA) is 74.2 Å². The molecule has 0 aliphatic carbocycles. The van der Waals surface area contributed by atoms with Gasteiger partial charge < -0.3 is 15.0 Å². The molecule has 150 valence electrons. The summed E-state index contributed by atoms with van der Waals surface area (Å²) in [5.41, 5.74) is 3.94. The van der Waals surface area contributed by atoms with Gasteiger partial charge in [-0.1, -0.05) is 0 Å². The van der Waals surface area contributed by atoms with Crippen molar-refractivity contribution in [2.45, 2.75) is 26.2 Å². The Labute approximate surface area is 169 Å². The molecule has 7 heteroatoms. The third kappa shape index (κ3) is 3.94. The highest BCUT2D eigenvalue weighted by molar-refractivity contribution is 6.05. The highest BCUT2D eigenvalue weighted by Gasteiger charge is 2.25. The number of ether oxygens (including phenoxy) is 1. The molecule has 2 aromatic rings. The van der Waals surface area contributed by atoms with Gasteiger partial charge in [0.2, 0.25) is 5.91 Å². The van der Waals surface area contributed by atoms with Crippen LogP contribution in [0, 0.1) is 0 Å². The second-order valence-corrected chi connectivity index (χ2v) is 7.24. The number of nitrogens with one attached hydrogen (secondary N) is 1. The zero-order chi connectivity index (χ0) is 20.4. The highest BCUT2D eigenvalue weighted by Crippen LogP contribution is 2.34. The summed E-state index contributed by atoms with van der Waals surface area (Å²) in [6.07, 6.45) is 2.32. The summed E-state index contributed by atoms with van der Waals surface area (Å²) >= 11 is 0. The van der Waals surface area contributed by atoms with Crippen molar-refractivity contribution in [3.63, 3.8) is 0 Å². The number of hydrazone groups is 1. The zero-order valence-electron chi connectivity index (χ0n) is 16.6. The fraction of sp³-hybridized carbons (Fsp3) is 0.318. The van der Waals surface area contributed by atoms with Gasteiger partial charge >= 0.3 is 0 Å². The Bertz CT molecular complexity index is 969. The van der Waals surface area contributed by atoms with E-state index >= 15 is 0 Å². The number of carbonyl (C=O) groups is 2. The molecular formula is C22H24N4O3. The fourth-order valence-electron chi connectivity index (χ4n) is 3.63. The van der Waals surface area contributed by atoms with Crippen molar-refractivity contribution in [3.05, 3.63) is 48.0 Å². The predicted molar refractivity (Wildman–Crippen MR) is 114 cm³/mol. The van der Waals surface area contributed by atoms with Gasteiger partial charge in [-0.2, -0.15) is 5.10 Å². The van der Waals surface area contributed by atoms with Crippen LogP contribution in [0.5, 0.6) is 5.75 Å². The Balaban J connectivity index is 1.50. The van der Waals surface area contributed by atoms with Crippen LogP contribution < -0.4 is 20.0 Å². The molecule has 2 heterocycles. The van der Waals surface area contributed by atoms with E-state index in [1.165, 1.54) is 0 Å². The molecule has 7 nitrogen and oxygen atoms in total. The number of benzene rings is 2. The molecule has 29 heavy (non-hydrogen) atoms. The maximum atomic E-state index is 12.7. The molecule has 0 unspecified atom stereocenters. The first kappa shape index (κ1) is 19.0.